The van der Waals surface area contributed by atoms with Gasteiger partial charge in [-0.05, 0) is 13.0 Å². The Morgan fingerprint density at radius 1 is 0.882 bits per heavy atom. The van der Waals surface area contributed by atoms with Crippen LogP contribution in [0.1, 0.15) is 19.8 Å². The van der Waals surface area contributed by atoms with Crippen molar-refractivity contribution in [2.24, 2.45) is 0 Å². The minimum Gasteiger partial charge on any atom is -0.324 e. The Balaban J connectivity index is 4.14. The topological polar surface area (TPSA) is 118 Å². The number of rotatable bonds is 9. The van der Waals surface area contributed by atoms with Crippen LogP contribution in [0.2, 0.25) is 0 Å². The second-order valence-corrected chi connectivity index (χ2v) is 7.52. The fraction of sp³-hybridized carbons (Fsp3) is 1.00. The molecule has 0 aromatic carbocycles. The monoisotopic (exact) mass is 289 g/mol. The van der Waals surface area contributed by atoms with Crippen molar-refractivity contribution in [2.75, 3.05) is 32.0 Å². The van der Waals surface area contributed by atoms with E-state index in [1.165, 1.54) is 0 Å². The molecule has 0 unspecified atom stereocenters. The van der Waals surface area contributed by atoms with Crippen molar-refractivity contribution >= 4 is 15.2 Å². The number of nitrogens with zero attached hydrogens (tertiary/aromatic N) is 1. The van der Waals surface area contributed by atoms with Crippen LogP contribution in [0.4, 0.5) is 0 Å². The second-order valence-electron chi connectivity index (χ2n) is 3.97. The van der Waals surface area contributed by atoms with Crippen LogP contribution in [-0.4, -0.2) is 56.4 Å². The van der Waals surface area contributed by atoms with Gasteiger partial charge in [0.25, 0.3) is 0 Å². The molecule has 0 aromatic rings. The van der Waals surface area contributed by atoms with Crippen molar-refractivity contribution in [3.05, 3.63) is 0 Å². The van der Waals surface area contributed by atoms with Gasteiger partial charge in [0.2, 0.25) is 0 Å². The van der Waals surface area contributed by atoms with E-state index in [1.54, 1.807) is 4.90 Å². The van der Waals surface area contributed by atoms with E-state index in [4.69, 9.17) is 19.6 Å². The Morgan fingerprint density at radius 3 is 1.59 bits per heavy atom. The van der Waals surface area contributed by atoms with E-state index in [1.807, 2.05) is 6.92 Å². The third-order valence-corrected chi connectivity index (χ3v) is 3.81. The molecule has 0 radical (unpaired) electrons. The van der Waals surface area contributed by atoms with Gasteiger partial charge in [0.1, 0.15) is 0 Å². The van der Waals surface area contributed by atoms with E-state index in [9.17, 15) is 9.13 Å². The fourth-order valence-electron chi connectivity index (χ4n) is 1.26. The van der Waals surface area contributed by atoms with Gasteiger partial charge in [-0.15, -0.1) is 0 Å². The summed E-state index contributed by atoms with van der Waals surface area (Å²) in [4.78, 5) is 36.7. The summed E-state index contributed by atoms with van der Waals surface area (Å²) in [6, 6.07) is 0. The molecular weight excluding hydrogens is 268 g/mol. The Bertz CT molecular complexity index is 272. The summed E-state index contributed by atoms with van der Waals surface area (Å²) in [6.45, 7) is 2.88. The average molecular weight is 289 g/mol. The Hall–Kier alpha value is 0.260. The van der Waals surface area contributed by atoms with Crippen LogP contribution in [0, 0.1) is 0 Å². The largest absolute Gasteiger partial charge is 0.326 e. The molecular formula is C8H21NO6P2. The van der Waals surface area contributed by atoms with Gasteiger partial charge in [-0.25, -0.2) is 0 Å². The molecule has 7 nitrogen and oxygen atoms in total. The highest BCUT2D eigenvalue weighted by Gasteiger charge is 2.19. The molecule has 0 heterocycles. The minimum atomic E-state index is -4.05. The molecule has 4 N–H and O–H groups in total. The fourth-order valence-corrected chi connectivity index (χ4v) is 2.35. The van der Waals surface area contributed by atoms with Crippen LogP contribution in [0.5, 0.6) is 0 Å². The van der Waals surface area contributed by atoms with Crippen LogP contribution >= 0.6 is 15.2 Å². The van der Waals surface area contributed by atoms with Gasteiger partial charge in [0.05, 0.1) is 12.3 Å². The van der Waals surface area contributed by atoms with Crippen molar-refractivity contribution < 1.29 is 28.7 Å². The van der Waals surface area contributed by atoms with Crippen LogP contribution < -0.4 is 0 Å². The highest BCUT2D eigenvalue weighted by molar-refractivity contribution is 7.52. The van der Waals surface area contributed by atoms with Crippen molar-refractivity contribution in [3.8, 4) is 0 Å². The lowest BCUT2D eigenvalue weighted by Gasteiger charge is -2.22. The maximum Gasteiger partial charge on any atom is 0.326 e. The summed E-state index contributed by atoms with van der Waals surface area (Å²) in [5.41, 5.74) is 0. The molecule has 0 atom stereocenters. The van der Waals surface area contributed by atoms with E-state index in [0.29, 0.717) is 6.54 Å². The third-order valence-electron chi connectivity index (χ3n) is 2.24. The second kappa shape index (κ2) is 7.64. The zero-order valence-corrected chi connectivity index (χ0v) is 11.7. The zero-order valence-electron chi connectivity index (χ0n) is 9.90. The molecule has 0 aliphatic carbocycles. The number of hydrogen-bond donors (Lipinski definition) is 4. The van der Waals surface area contributed by atoms with E-state index in [-0.39, 0.29) is 25.4 Å². The highest BCUT2D eigenvalue weighted by Crippen LogP contribution is 2.35. The van der Waals surface area contributed by atoms with E-state index in [2.05, 4.69) is 0 Å². The lowest BCUT2D eigenvalue weighted by Crippen LogP contribution is -2.30. The van der Waals surface area contributed by atoms with Crippen molar-refractivity contribution in [1.29, 1.82) is 0 Å². The lowest BCUT2D eigenvalue weighted by molar-refractivity contribution is 0.280. The Kier molecular flexibility index (Phi) is 7.76. The Labute approximate surface area is 101 Å². The predicted molar refractivity (Wildman–Crippen MR) is 65.2 cm³/mol. The zero-order chi connectivity index (χ0) is 13.5. The normalized spacial score (nSPS) is 13.3. The summed E-state index contributed by atoms with van der Waals surface area (Å²) in [7, 11) is -8.10. The summed E-state index contributed by atoms with van der Waals surface area (Å²) in [6.07, 6.45) is 1.19. The molecule has 9 heteroatoms. The molecule has 0 aliphatic heterocycles. The molecule has 0 aliphatic rings. The van der Waals surface area contributed by atoms with Gasteiger partial charge >= 0.3 is 15.2 Å². The first-order valence-corrected chi connectivity index (χ1v) is 9.05. The van der Waals surface area contributed by atoms with Gasteiger partial charge in [0, 0.05) is 13.1 Å². The minimum absolute atomic E-state index is 0.157. The standard InChI is InChI=1S/C8H21NO6P2/c1-2-3-4-9(5-7-16(10,11)12)6-8-17(13,14)15/h2-8H2,1H3,(H2,10,11,12)(H2,13,14,15). The molecule has 0 spiro atoms. The van der Waals surface area contributed by atoms with Crippen molar-refractivity contribution in [1.82, 2.24) is 4.90 Å². The summed E-state index contributed by atoms with van der Waals surface area (Å²) >= 11 is 0. The predicted octanol–water partition coefficient (Wildman–Crippen LogP) is 0.444. The summed E-state index contributed by atoms with van der Waals surface area (Å²) in [5, 5.41) is 0. The molecule has 0 fully saturated rings. The van der Waals surface area contributed by atoms with Gasteiger partial charge in [-0.2, -0.15) is 0 Å². The van der Waals surface area contributed by atoms with Gasteiger partial charge in [-0.1, -0.05) is 13.3 Å². The first-order valence-electron chi connectivity index (χ1n) is 5.45. The highest BCUT2D eigenvalue weighted by atomic mass is 31.2. The van der Waals surface area contributed by atoms with E-state index in [0.717, 1.165) is 12.8 Å². The quantitative estimate of drug-likeness (QED) is 0.455. The molecule has 0 rings (SSSR count). The molecule has 0 aromatic heterocycles. The lowest BCUT2D eigenvalue weighted by atomic mass is 10.3. The first kappa shape index (κ1) is 17.3. The van der Waals surface area contributed by atoms with Crippen molar-refractivity contribution in [2.45, 2.75) is 19.8 Å². The molecule has 17 heavy (non-hydrogen) atoms. The average Bonchev–Trinajstić information content (AvgIpc) is 2.13. The van der Waals surface area contributed by atoms with E-state index >= 15 is 0 Å². The van der Waals surface area contributed by atoms with Crippen LogP contribution in [0.25, 0.3) is 0 Å². The van der Waals surface area contributed by atoms with Gasteiger partial charge in [0.15, 0.2) is 0 Å². The molecule has 0 amide bonds. The van der Waals surface area contributed by atoms with Crippen LogP contribution in [0.3, 0.4) is 0 Å². The molecule has 0 bridgehead atoms. The SMILES string of the molecule is CCCCN(CCP(=O)(O)O)CCP(=O)(O)O. The van der Waals surface area contributed by atoms with E-state index < -0.39 is 15.2 Å². The van der Waals surface area contributed by atoms with Gasteiger partial charge in [-0.3, -0.25) is 9.13 Å². The molecule has 0 saturated carbocycles. The number of hydrogen-bond acceptors (Lipinski definition) is 3. The third kappa shape index (κ3) is 12.5. The van der Waals surface area contributed by atoms with Crippen LogP contribution in [-0.2, 0) is 9.13 Å². The summed E-state index contributed by atoms with van der Waals surface area (Å²) in [5.74, 6) is 0. The molecule has 0 saturated heterocycles. The van der Waals surface area contributed by atoms with Crippen LogP contribution in [0.15, 0.2) is 0 Å². The first-order chi connectivity index (χ1) is 7.64. The molecule has 104 valence electrons. The summed E-state index contributed by atoms with van der Waals surface area (Å²) < 4.78 is 21.4. The maximum absolute atomic E-state index is 10.7. The van der Waals surface area contributed by atoms with Crippen molar-refractivity contribution in [3.63, 3.8) is 0 Å². The number of unbranched alkanes of at least 4 members (excludes halogenated alkanes) is 1. The Morgan fingerprint density at radius 2 is 1.29 bits per heavy atom. The van der Waals surface area contributed by atoms with Gasteiger partial charge < -0.3 is 24.5 Å². The maximum atomic E-state index is 10.7. The smallest absolute Gasteiger partial charge is 0.324 e.